The molecule has 1 aliphatic rings. The van der Waals surface area contributed by atoms with Crippen LogP contribution in [0.2, 0.25) is 0 Å². The molecule has 0 atom stereocenters. The lowest BCUT2D eigenvalue weighted by atomic mass is 10.1. The molecule has 0 bridgehead atoms. The first kappa shape index (κ1) is 15.0. The average molecular weight is 301 g/mol. The highest BCUT2D eigenvalue weighted by atomic mass is 16.5. The third-order valence-electron chi connectivity index (χ3n) is 4.20. The van der Waals surface area contributed by atoms with Crippen LogP contribution in [-0.4, -0.2) is 42.1 Å². The molecule has 1 fully saturated rings. The monoisotopic (exact) mass is 301 g/mol. The summed E-state index contributed by atoms with van der Waals surface area (Å²) in [6.07, 6.45) is 5.27. The highest BCUT2D eigenvalue weighted by Crippen LogP contribution is 2.17. The summed E-state index contributed by atoms with van der Waals surface area (Å²) in [6, 6.07) is 7.63. The lowest BCUT2D eigenvalue weighted by Crippen LogP contribution is -2.33. The van der Waals surface area contributed by atoms with E-state index in [1.165, 1.54) is 32.4 Å². The molecule has 1 amide bonds. The predicted octanol–water partition coefficient (Wildman–Crippen LogP) is 2.36. The molecule has 0 saturated carbocycles. The number of piperidine rings is 1. The van der Waals surface area contributed by atoms with Crippen LogP contribution in [0.3, 0.4) is 0 Å². The number of hydrogen-bond acceptors (Lipinski definition) is 4. The number of nitrogens with zero attached hydrogens (tertiary/aromatic N) is 2. The van der Waals surface area contributed by atoms with Crippen molar-refractivity contribution in [2.45, 2.75) is 32.1 Å². The number of benzene rings is 1. The van der Waals surface area contributed by atoms with Crippen molar-refractivity contribution in [1.29, 1.82) is 0 Å². The van der Waals surface area contributed by atoms with Crippen molar-refractivity contribution < 1.29 is 9.32 Å². The van der Waals surface area contributed by atoms with E-state index in [4.69, 9.17) is 4.52 Å². The topological polar surface area (TPSA) is 58.4 Å². The minimum absolute atomic E-state index is 0.0118. The van der Waals surface area contributed by atoms with E-state index in [-0.39, 0.29) is 12.3 Å². The van der Waals surface area contributed by atoms with E-state index in [2.05, 4.69) is 15.4 Å². The molecule has 5 heteroatoms. The van der Waals surface area contributed by atoms with Gasteiger partial charge < -0.3 is 14.7 Å². The standard InChI is InChI=1S/C17H23N3O2/c21-17(18-9-6-12-20-10-4-1-5-11-20)13-15-14-7-2-3-8-16(14)22-19-15/h2-3,7-8H,1,4-6,9-13H2,(H,18,21). The Morgan fingerprint density at radius 1 is 1.23 bits per heavy atom. The van der Waals surface area contributed by atoms with Crippen LogP contribution in [-0.2, 0) is 11.2 Å². The second-order valence-corrected chi connectivity index (χ2v) is 5.91. The van der Waals surface area contributed by atoms with Crippen LogP contribution in [0.1, 0.15) is 31.4 Å². The number of para-hydroxylation sites is 1. The maximum Gasteiger partial charge on any atom is 0.226 e. The molecular formula is C17H23N3O2. The van der Waals surface area contributed by atoms with Crippen LogP contribution in [0.5, 0.6) is 0 Å². The zero-order valence-electron chi connectivity index (χ0n) is 12.9. The number of nitrogens with one attached hydrogen (secondary N) is 1. The summed E-state index contributed by atoms with van der Waals surface area (Å²) in [5, 5.41) is 7.89. The predicted molar refractivity (Wildman–Crippen MR) is 85.6 cm³/mol. The zero-order chi connectivity index (χ0) is 15.2. The van der Waals surface area contributed by atoms with Gasteiger partial charge in [0.25, 0.3) is 0 Å². The molecule has 0 aliphatic carbocycles. The van der Waals surface area contributed by atoms with Gasteiger partial charge in [0.1, 0.15) is 5.69 Å². The van der Waals surface area contributed by atoms with Crippen LogP contribution in [0.4, 0.5) is 0 Å². The van der Waals surface area contributed by atoms with Crippen molar-refractivity contribution in [3.63, 3.8) is 0 Å². The van der Waals surface area contributed by atoms with Gasteiger partial charge in [0, 0.05) is 11.9 Å². The maximum absolute atomic E-state index is 12.0. The largest absolute Gasteiger partial charge is 0.356 e. The van der Waals surface area contributed by atoms with E-state index in [0.717, 1.165) is 30.5 Å². The van der Waals surface area contributed by atoms with Crippen LogP contribution >= 0.6 is 0 Å². The molecule has 3 rings (SSSR count). The molecule has 1 saturated heterocycles. The van der Waals surface area contributed by atoms with Crippen LogP contribution in [0.15, 0.2) is 28.8 Å². The first-order valence-corrected chi connectivity index (χ1v) is 8.15. The number of likely N-dealkylation sites (tertiary alicyclic amines) is 1. The van der Waals surface area contributed by atoms with Gasteiger partial charge in [0.15, 0.2) is 5.58 Å². The first-order chi connectivity index (χ1) is 10.8. The fourth-order valence-corrected chi connectivity index (χ4v) is 2.99. The summed E-state index contributed by atoms with van der Waals surface area (Å²) < 4.78 is 5.22. The fraction of sp³-hybridized carbons (Fsp3) is 0.529. The summed E-state index contributed by atoms with van der Waals surface area (Å²) in [6.45, 7) is 4.22. The lowest BCUT2D eigenvalue weighted by molar-refractivity contribution is -0.120. The summed E-state index contributed by atoms with van der Waals surface area (Å²) in [7, 11) is 0. The smallest absolute Gasteiger partial charge is 0.226 e. The molecule has 118 valence electrons. The summed E-state index contributed by atoms with van der Waals surface area (Å²) in [5.41, 5.74) is 1.44. The van der Waals surface area contributed by atoms with Gasteiger partial charge in [-0.05, 0) is 51.0 Å². The zero-order valence-corrected chi connectivity index (χ0v) is 12.9. The number of hydrogen-bond donors (Lipinski definition) is 1. The van der Waals surface area contributed by atoms with Gasteiger partial charge in [-0.2, -0.15) is 0 Å². The maximum atomic E-state index is 12.0. The Kier molecular flexibility index (Phi) is 5.06. The Labute approximate surface area is 130 Å². The van der Waals surface area contributed by atoms with Gasteiger partial charge in [0.2, 0.25) is 5.91 Å². The lowest BCUT2D eigenvalue weighted by Gasteiger charge is -2.26. The number of amides is 1. The van der Waals surface area contributed by atoms with Gasteiger partial charge in [-0.15, -0.1) is 0 Å². The Morgan fingerprint density at radius 2 is 2.05 bits per heavy atom. The van der Waals surface area contributed by atoms with Gasteiger partial charge in [0.05, 0.1) is 6.42 Å². The van der Waals surface area contributed by atoms with E-state index in [0.29, 0.717) is 5.69 Å². The van der Waals surface area contributed by atoms with E-state index in [9.17, 15) is 4.79 Å². The van der Waals surface area contributed by atoms with Crippen molar-refractivity contribution in [1.82, 2.24) is 15.4 Å². The fourth-order valence-electron chi connectivity index (χ4n) is 2.99. The molecule has 1 aliphatic heterocycles. The van der Waals surface area contributed by atoms with Crippen molar-refractivity contribution in [2.75, 3.05) is 26.2 Å². The van der Waals surface area contributed by atoms with Crippen molar-refractivity contribution >= 4 is 16.9 Å². The van der Waals surface area contributed by atoms with Crippen LogP contribution in [0, 0.1) is 0 Å². The van der Waals surface area contributed by atoms with E-state index in [1.54, 1.807) is 0 Å². The second-order valence-electron chi connectivity index (χ2n) is 5.91. The molecule has 1 N–H and O–H groups in total. The molecule has 2 aromatic rings. The van der Waals surface area contributed by atoms with Gasteiger partial charge in [-0.3, -0.25) is 4.79 Å². The number of aromatic nitrogens is 1. The van der Waals surface area contributed by atoms with Gasteiger partial charge >= 0.3 is 0 Å². The van der Waals surface area contributed by atoms with E-state index in [1.807, 2.05) is 24.3 Å². The summed E-state index contributed by atoms with van der Waals surface area (Å²) >= 11 is 0. The molecule has 0 spiro atoms. The quantitative estimate of drug-likeness (QED) is 0.832. The summed E-state index contributed by atoms with van der Waals surface area (Å²) in [4.78, 5) is 14.5. The highest BCUT2D eigenvalue weighted by Gasteiger charge is 2.12. The third kappa shape index (κ3) is 3.85. The van der Waals surface area contributed by atoms with E-state index >= 15 is 0 Å². The van der Waals surface area contributed by atoms with E-state index < -0.39 is 0 Å². The molecular weight excluding hydrogens is 278 g/mol. The normalized spacial score (nSPS) is 16.0. The first-order valence-electron chi connectivity index (χ1n) is 8.15. The molecule has 0 radical (unpaired) electrons. The minimum Gasteiger partial charge on any atom is -0.356 e. The Hall–Kier alpha value is -1.88. The number of fused-ring (bicyclic) bond motifs is 1. The SMILES string of the molecule is O=C(Cc1noc2ccccc12)NCCCN1CCCCC1. The van der Waals surface area contributed by atoms with Crippen LogP contribution < -0.4 is 5.32 Å². The van der Waals surface area contributed by atoms with Gasteiger partial charge in [-0.25, -0.2) is 0 Å². The molecule has 0 unspecified atom stereocenters. The minimum atomic E-state index is 0.0118. The highest BCUT2D eigenvalue weighted by molar-refractivity contribution is 5.86. The Balaban J connectivity index is 1.41. The number of rotatable bonds is 6. The number of carbonyl (C=O) groups excluding carboxylic acids is 1. The molecule has 1 aromatic heterocycles. The molecule has 5 nitrogen and oxygen atoms in total. The molecule has 22 heavy (non-hydrogen) atoms. The van der Waals surface area contributed by atoms with Crippen molar-refractivity contribution in [3.05, 3.63) is 30.0 Å². The summed E-state index contributed by atoms with van der Waals surface area (Å²) in [5.74, 6) is 0.0118. The van der Waals surface area contributed by atoms with Gasteiger partial charge in [-0.1, -0.05) is 23.7 Å². The van der Waals surface area contributed by atoms with Crippen molar-refractivity contribution in [2.24, 2.45) is 0 Å². The molecule has 2 heterocycles. The third-order valence-corrected chi connectivity index (χ3v) is 4.20. The van der Waals surface area contributed by atoms with Crippen molar-refractivity contribution in [3.8, 4) is 0 Å². The number of carbonyl (C=O) groups is 1. The average Bonchev–Trinajstić information content (AvgIpc) is 2.96. The molecule has 1 aromatic carbocycles. The van der Waals surface area contributed by atoms with Crippen LogP contribution in [0.25, 0.3) is 11.0 Å². The Morgan fingerprint density at radius 3 is 2.91 bits per heavy atom. The second kappa shape index (κ2) is 7.40. The Bertz CT molecular complexity index is 617.